The summed E-state index contributed by atoms with van der Waals surface area (Å²) in [5.41, 5.74) is 4.81. The second-order valence-corrected chi connectivity index (χ2v) is 12.3. The lowest BCUT2D eigenvalue weighted by Gasteiger charge is -2.21. The molecule has 0 aromatic heterocycles. The van der Waals surface area contributed by atoms with Gasteiger partial charge >= 0.3 is 6.03 Å². The summed E-state index contributed by atoms with van der Waals surface area (Å²) in [5, 5.41) is 2.04. The van der Waals surface area contributed by atoms with E-state index in [0.717, 1.165) is 5.92 Å². The van der Waals surface area contributed by atoms with Crippen LogP contribution in [0.2, 0.25) is 0 Å². The summed E-state index contributed by atoms with van der Waals surface area (Å²) < 4.78 is -0.665. The molecule has 0 spiro atoms. The van der Waals surface area contributed by atoms with E-state index in [1.807, 2.05) is 19.2 Å². The number of halogens is 1. The lowest BCUT2D eigenvalue weighted by atomic mass is 9.97. The molecule has 0 rings (SSSR count). The smallest absolute Gasteiger partial charge is 0.318 e. The van der Waals surface area contributed by atoms with Gasteiger partial charge in [0.25, 0.3) is 0 Å². The van der Waals surface area contributed by atoms with E-state index < -0.39 is 10.4 Å². The second-order valence-electron chi connectivity index (χ2n) is 10.8. The van der Waals surface area contributed by atoms with Crippen LogP contribution < -0.4 is 11.1 Å². The molecule has 1 atom stereocenters. The van der Waals surface area contributed by atoms with Crippen molar-refractivity contribution in [2.24, 2.45) is 11.7 Å². The molecule has 0 aromatic carbocycles. The summed E-state index contributed by atoms with van der Waals surface area (Å²) in [6.07, 6.45) is 30.5. The number of hydrogen-bond acceptors (Lipinski definition) is 2. The Labute approximate surface area is 234 Å². The fourth-order valence-electron chi connectivity index (χ4n) is 4.53. The van der Waals surface area contributed by atoms with E-state index >= 15 is 0 Å². The van der Waals surface area contributed by atoms with Crippen molar-refractivity contribution in [3.05, 3.63) is 0 Å². The molecule has 0 radical (unpaired) electrons. The van der Waals surface area contributed by atoms with Crippen molar-refractivity contribution in [3.63, 3.8) is 0 Å². The first-order valence-electron chi connectivity index (χ1n) is 15.6. The maximum absolute atomic E-state index is 11.3. The lowest BCUT2D eigenvalue weighted by Crippen LogP contribution is -2.46. The number of alkyl halides is 1. The van der Waals surface area contributed by atoms with Gasteiger partial charge in [-0.15, -0.1) is 0 Å². The van der Waals surface area contributed by atoms with Gasteiger partial charge in [0.15, 0.2) is 0 Å². The Balaban J connectivity index is 0. The van der Waals surface area contributed by atoms with Gasteiger partial charge in [0.05, 0.1) is 0 Å². The van der Waals surface area contributed by atoms with Gasteiger partial charge in [0, 0.05) is 0 Å². The van der Waals surface area contributed by atoms with Crippen molar-refractivity contribution in [3.8, 4) is 0 Å². The number of hydrogen-bond donors (Lipinski definition) is 2. The maximum Gasteiger partial charge on any atom is 0.318 e. The molecule has 216 valence electrons. The van der Waals surface area contributed by atoms with E-state index in [-0.39, 0.29) is 5.91 Å². The molecule has 0 fully saturated rings. The number of carbonyl (C=O) groups is 2. The molecule has 5 heteroatoms. The minimum absolute atomic E-state index is 0.375. The fourth-order valence-corrected chi connectivity index (χ4v) is 4.63. The fraction of sp³-hybridized carbons (Fsp3) is 0.935. The average Bonchev–Trinajstić information content (AvgIpc) is 2.86. The number of urea groups is 1. The van der Waals surface area contributed by atoms with Crippen LogP contribution >= 0.6 is 15.9 Å². The normalized spacial score (nSPS) is 12.1. The quantitative estimate of drug-likeness (QED) is 0.0939. The molecule has 36 heavy (non-hydrogen) atoms. The highest BCUT2D eigenvalue weighted by molar-refractivity contribution is 9.10. The Morgan fingerprint density at radius 2 is 0.972 bits per heavy atom. The molecule has 3 N–H and O–H groups in total. The van der Waals surface area contributed by atoms with Crippen molar-refractivity contribution >= 4 is 27.9 Å². The Kier molecular flexibility index (Phi) is 28.7. The molecule has 0 aliphatic carbocycles. The first-order chi connectivity index (χ1) is 17.3. The van der Waals surface area contributed by atoms with Crippen LogP contribution in [0.1, 0.15) is 176 Å². The van der Waals surface area contributed by atoms with Crippen LogP contribution in [0.4, 0.5) is 4.79 Å². The summed E-state index contributed by atoms with van der Waals surface area (Å²) in [5.74, 6) is 0.594. The van der Waals surface area contributed by atoms with Gasteiger partial charge in [-0.05, 0) is 18.8 Å². The highest BCUT2D eigenvalue weighted by Gasteiger charge is 2.32. The molecule has 0 aromatic rings. The summed E-state index contributed by atoms with van der Waals surface area (Å²) >= 11 is 3.26. The molecule has 0 aliphatic heterocycles. The zero-order chi connectivity index (χ0) is 27.5. The number of primary amides is 1. The summed E-state index contributed by atoms with van der Waals surface area (Å²) in [6.45, 7) is 10.8. The molecule has 0 heterocycles. The van der Waals surface area contributed by atoms with Crippen LogP contribution in [0.15, 0.2) is 0 Å². The van der Waals surface area contributed by atoms with Gasteiger partial charge in [-0.25, -0.2) is 4.79 Å². The third-order valence-electron chi connectivity index (χ3n) is 7.37. The number of rotatable bonds is 23. The van der Waals surface area contributed by atoms with Gasteiger partial charge in [0.1, 0.15) is 4.32 Å². The van der Waals surface area contributed by atoms with Gasteiger partial charge in [-0.1, -0.05) is 179 Å². The van der Waals surface area contributed by atoms with Crippen molar-refractivity contribution in [1.29, 1.82) is 0 Å². The largest absolute Gasteiger partial charge is 0.351 e. The number of nitrogens with one attached hydrogen (secondary N) is 1. The lowest BCUT2D eigenvalue weighted by molar-refractivity contribution is -0.122. The van der Waals surface area contributed by atoms with Crippen molar-refractivity contribution in [1.82, 2.24) is 5.32 Å². The zero-order valence-corrected chi connectivity index (χ0v) is 26.5. The van der Waals surface area contributed by atoms with Gasteiger partial charge < -0.3 is 5.73 Å². The van der Waals surface area contributed by atoms with Crippen LogP contribution in [-0.4, -0.2) is 16.3 Å². The van der Waals surface area contributed by atoms with E-state index in [0.29, 0.717) is 12.8 Å². The number of amides is 3. The monoisotopic (exact) mass is 574 g/mol. The number of carbonyl (C=O) groups excluding carboxylic acids is 2. The minimum Gasteiger partial charge on any atom is -0.351 e. The topological polar surface area (TPSA) is 72.2 Å². The van der Waals surface area contributed by atoms with Crippen LogP contribution in [0.25, 0.3) is 0 Å². The number of unbranched alkanes of at least 4 members (excludes halogenated alkanes) is 16. The van der Waals surface area contributed by atoms with Crippen LogP contribution in [-0.2, 0) is 4.79 Å². The average molecular weight is 576 g/mol. The molecule has 0 bridgehead atoms. The van der Waals surface area contributed by atoms with E-state index in [2.05, 4.69) is 36.7 Å². The SMILES string of the molecule is CCC(Br)(CC)C(=O)NC(N)=O.CCCCCCCCCCCCCCCCCCC(C)CCCC. The minimum atomic E-state index is -0.814. The Morgan fingerprint density at radius 3 is 1.31 bits per heavy atom. The zero-order valence-electron chi connectivity index (χ0n) is 24.9. The molecular formula is C31H63BrN2O2. The first-order valence-corrected chi connectivity index (χ1v) is 16.4. The van der Waals surface area contributed by atoms with E-state index in [4.69, 9.17) is 5.73 Å². The Bertz CT molecular complexity index is 495. The molecule has 0 saturated carbocycles. The van der Waals surface area contributed by atoms with Crippen LogP contribution in [0.5, 0.6) is 0 Å². The van der Waals surface area contributed by atoms with Crippen molar-refractivity contribution in [2.75, 3.05) is 0 Å². The molecule has 0 saturated heterocycles. The molecule has 4 nitrogen and oxygen atoms in total. The molecule has 1 unspecified atom stereocenters. The number of imide groups is 1. The van der Waals surface area contributed by atoms with Crippen LogP contribution in [0, 0.1) is 5.92 Å². The van der Waals surface area contributed by atoms with Crippen molar-refractivity contribution in [2.45, 2.75) is 180 Å². The summed E-state index contributed by atoms with van der Waals surface area (Å²) in [7, 11) is 0. The maximum atomic E-state index is 11.3. The predicted octanol–water partition coefficient (Wildman–Crippen LogP) is 10.6. The van der Waals surface area contributed by atoms with E-state index in [9.17, 15) is 9.59 Å². The molecule has 3 amide bonds. The van der Waals surface area contributed by atoms with E-state index in [1.54, 1.807) is 0 Å². The van der Waals surface area contributed by atoms with Gasteiger partial charge in [-0.3, -0.25) is 10.1 Å². The summed E-state index contributed by atoms with van der Waals surface area (Å²) in [4.78, 5) is 21.6. The third kappa shape index (κ3) is 25.1. The third-order valence-corrected chi connectivity index (χ3v) is 8.85. The Morgan fingerprint density at radius 1 is 0.639 bits per heavy atom. The van der Waals surface area contributed by atoms with Gasteiger partial charge in [0.2, 0.25) is 5.91 Å². The highest BCUT2D eigenvalue weighted by Crippen LogP contribution is 2.26. The van der Waals surface area contributed by atoms with Crippen molar-refractivity contribution < 1.29 is 9.59 Å². The standard InChI is InChI=1S/C24H50.C7H13BrN2O2/c1-4-6-8-9-10-11-12-13-14-15-16-17-18-19-20-21-23-24(3)22-7-5-2;1-3-7(8,4-2)5(11)10-6(9)12/h24H,4-23H2,1-3H3;3-4H2,1-2H3,(H3,9,10,11,12). The molecular weight excluding hydrogens is 512 g/mol. The predicted molar refractivity (Wildman–Crippen MR) is 163 cm³/mol. The molecule has 0 aliphatic rings. The van der Waals surface area contributed by atoms with Crippen LogP contribution in [0.3, 0.4) is 0 Å². The second kappa shape index (κ2) is 27.5. The summed E-state index contributed by atoms with van der Waals surface area (Å²) in [6, 6.07) is -0.814. The number of nitrogens with two attached hydrogens (primary N) is 1. The highest BCUT2D eigenvalue weighted by atomic mass is 79.9. The van der Waals surface area contributed by atoms with E-state index in [1.165, 1.54) is 128 Å². The Hall–Kier alpha value is -0.580. The first kappa shape index (κ1) is 37.6. The van der Waals surface area contributed by atoms with Gasteiger partial charge in [-0.2, -0.15) is 0 Å².